The van der Waals surface area contributed by atoms with Gasteiger partial charge in [-0.1, -0.05) is 6.07 Å². The van der Waals surface area contributed by atoms with E-state index in [4.69, 9.17) is 0 Å². The molecule has 0 spiro atoms. The third-order valence-electron chi connectivity index (χ3n) is 3.56. The monoisotopic (exact) mass is 266 g/mol. The van der Waals surface area contributed by atoms with E-state index in [1.165, 1.54) is 13.0 Å². The second-order valence-corrected chi connectivity index (χ2v) is 4.81. The molecule has 0 aliphatic carbocycles. The third-order valence-corrected chi connectivity index (χ3v) is 3.56. The zero-order valence-electron chi connectivity index (χ0n) is 11.2. The maximum absolute atomic E-state index is 13.9. The van der Waals surface area contributed by atoms with E-state index in [0.717, 1.165) is 12.8 Å². The number of nitrogens with one attached hydrogen (secondary N) is 1. The summed E-state index contributed by atoms with van der Waals surface area (Å²) < 4.78 is 13.9. The van der Waals surface area contributed by atoms with Crippen molar-refractivity contribution in [1.82, 2.24) is 5.32 Å². The SMILES string of the molecule is CNC(=O)C1CCCN1c1cccc(F)c1[C@H](C)O. The highest BCUT2D eigenvalue weighted by Crippen LogP contribution is 2.33. The number of rotatable bonds is 3. The van der Waals surface area contributed by atoms with Crippen molar-refractivity contribution >= 4 is 11.6 Å². The second kappa shape index (κ2) is 5.57. The summed E-state index contributed by atoms with van der Waals surface area (Å²) in [4.78, 5) is 13.7. The first kappa shape index (κ1) is 13.8. The minimum Gasteiger partial charge on any atom is -0.389 e. The molecule has 104 valence electrons. The molecule has 0 bridgehead atoms. The molecule has 1 amide bonds. The van der Waals surface area contributed by atoms with Crippen molar-refractivity contribution in [3.05, 3.63) is 29.6 Å². The highest BCUT2D eigenvalue weighted by atomic mass is 19.1. The summed E-state index contributed by atoms with van der Waals surface area (Å²) in [6.07, 6.45) is 0.727. The van der Waals surface area contributed by atoms with E-state index >= 15 is 0 Å². The topological polar surface area (TPSA) is 52.6 Å². The van der Waals surface area contributed by atoms with Crippen LogP contribution >= 0.6 is 0 Å². The molecule has 1 fully saturated rings. The molecule has 2 N–H and O–H groups in total. The normalized spacial score (nSPS) is 20.4. The summed E-state index contributed by atoms with van der Waals surface area (Å²) in [5.74, 6) is -0.506. The van der Waals surface area contributed by atoms with E-state index in [-0.39, 0.29) is 17.5 Å². The number of carbonyl (C=O) groups is 1. The van der Waals surface area contributed by atoms with E-state index in [0.29, 0.717) is 12.2 Å². The van der Waals surface area contributed by atoms with Crippen LogP contribution in [0.2, 0.25) is 0 Å². The second-order valence-electron chi connectivity index (χ2n) is 4.81. The molecule has 5 heteroatoms. The number of amides is 1. The van der Waals surface area contributed by atoms with Crippen LogP contribution in [0, 0.1) is 5.82 Å². The van der Waals surface area contributed by atoms with Gasteiger partial charge in [0.05, 0.1) is 6.10 Å². The van der Waals surface area contributed by atoms with Crippen LogP contribution in [-0.4, -0.2) is 30.6 Å². The van der Waals surface area contributed by atoms with Gasteiger partial charge in [-0.3, -0.25) is 4.79 Å². The number of aliphatic hydroxyl groups excluding tert-OH is 1. The highest BCUT2D eigenvalue weighted by Gasteiger charge is 2.32. The van der Waals surface area contributed by atoms with Gasteiger partial charge in [0.1, 0.15) is 11.9 Å². The molecule has 4 nitrogen and oxygen atoms in total. The van der Waals surface area contributed by atoms with Crippen LogP contribution in [0.15, 0.2) is 18.2 Å². The molecular formula is C14H19FN2O2. The average molecular weight is 266 g/mol. The van der Waals surface area contributed by atoms with Gasteiger partial charge in [-0.2, -0.15) is 0 Å². The molecule has 1 aromatic rings. The Morgan fingerprint density at radius 1 is 1.58 bits per heavy atom. The molecule has 1 heterocycles. The van der Waals surface area contributed by atoms with Gasteiger partial charge in [-0.25, -0.2) is 4.39 Å². The van der Waals surface area contributed by atoms with Crippen molar-refractivity contribution in [2.75, 3.05) is 18.5 Å². The van der Waals surface area contributed by atoms with Crippen LogP contribution < -0.4 is 10.2 Å². The summed E-state index contributed by atoms with van der Waals surface area (Å²) in [6, 6.07) is 4.41. The van der Waals surface area contributed by atoms with Crippen molar-refractivity contribution in [3.8, 4) is 0 Å². The quantitative estimate of drug-likeness (QED) is 0.873. The zero-order chi connectivity index (χ0) is 14.0. The summed E-state index contributed by atoms with van der Waals surface area (Å²) in [5.41, 5.74) is 0.874. The molecule has 2 atom stereocenters. The first-order valence-electron chi connectivity index (χ1n) is 6.51. The van der Waals surface area contributed by atoms with E-state index in [1.807, 2.05) is 4.90 Å². The Kier molecular flexibility index (Phi) is 4.04. The standard InChI is InChI=1S/C14H19FN2O2/c1-9(18)13-10(15)5-3-6-11(13)17-8-4-7-12(17)14(19)16-2/h3,5-6,9,12,18H,4,7-8H2,1-2H3,(H,16,19)/t9-,12?/m0/s1. The molecule has 1 aliphatic heterocycles. The minimum atomic E-state index is -0.901. The summed E-state index contributed by atoms with van der Waals surface area (Å²) in [6.45, 7) is 2.23. The number of hydrogen-bond donors (Lipinski definition) is 2. The first-order chi connectivity index (χ1) is 9.06. The van der Waals surface area contributed by atoms with Crippen molar-refractivity contribution in [2.24, 2.45) is 0 Å². The third kappa shape index (κ3) is 2.56. The number of anilines is 1. The molecule has 0 saturated carbocycles. The van der Waals surface area contributed by atoms with Gasteiger partial charge in [0.15, 0.2) is 0 Å². The van der Waals surface area contributed by atoms with Crippen LogP contribution in [0.3, 0.4) is 0 Å². The van der Waals surface area contributed by atoms with Gasteiger partial charge in [0.25, 0.3) is 0 Å². The lowest BCUT2D eigenvalue weighted by Gasteiger charge is -2.28. The maximum Gasteiger partial charge on any atom is 0.242 e. The average Bonchev–Trinajstić information content (AvgIpc) is 2.86. The molecule has 1 aliphatic rings. The molecule has 2 rings (SSSR count). The van der Waals surface area contributed by atoms with Gasteiger partial charge < -0.3 is 15.3 Å². The van der Waals surface area contributed by atoms with Gasteiger partial charge >= 0.3 is 0 Å². The number of benzene rings is 1. The van der Waals surface area contributed by atoms with Gasteiger partial charge in [-0.15, -0.1) is 0 Å². The number of likely N-dealkylation sites (N-methyl/N-ethyl adjacent to an activating group) is 1. The molecule has 0 aromatic heterocycles. The van der Waals surface area contributed by atoms with Crippen LogP contribution in [-0.2, 0) is 4.79 Å². The largest absolute Gasteiger partial charge is 0.389 e. The number of nitrogens with zero attached hydrogens (tertiary/aromatic N) is 1. The lowest BCUT2D eigenvalue weighted by atomic mass is 10.1. The van der Waals surface area contributed by atoms with E-state index in [1.54, 1.807) is 19.2 Å². The Morgan fingerprint density at radius 2 is 2.32 bits per heavy atom. The summed E-state index contributed by atoms with van der Waals surface area (Å²) in [5, 5.41) is 12.4. The van der Waals surface area contributed by atoms with E-state index in [2.05, 4.69) is 5.32 Å². The molecule has 19 heavy (non-hydrogen) atoms. The van der Waals surface area contributed by atoms with Gasteiger partial charge in [0, 0.05) is 24.8 Å². The first-order valence-corrected chi connectivity index (χ1v) is 6.51. The summed E-state index contributed by atoms with van der Waals surface area (Å²) >= 11 is 0. The zero-order valence-corrected chi connectivity index (χ0v) is 11.2. The predicted octanol–water partition coefficient (Wildman–Crippen LogP) is 1.59. The molecule has 1 saturated heterocycles. The minimum absolute atomic E-state index is 0.0710. The van der Waals surface area contributed by atoms with Crippen molar-refractivity contribution in [3.63, 3.8) is 0 Å². The fourth-order valence-corrected chi connectivity index (χ4v) is 2.68. The van der Waals surface area contributed by atoms with Crippen molar-refractivity contribution < 1.29 is 14.3 Å². The Balaban J connectivity index is 2.41. The van der Waals surface area contributed by atoms with Crippen LogP contribution in [0.1, 0.15) is 31.4 Å². The Bertz CT molecular complexity index is 477. The Labute approximate surface area is 112 Å². The van der Waals surface area contributed by atoms with Gasteiger partial charge in [-0.05, 0) is 31.9 Å². The van der Waals surface area contributed by atoms with Crippen LogP contribution in [0.25, 0.3) is 0 Å². The fourth-order valence-electron chi connectivity index (χ4n) is 2.68. The smallest absolute Gasteiger partial charge is 0.242 e. The highest BCUT2D eigenvalue weighted by molar-refractivity contribution is 5.86. The number of hydrogen-bond acceptors (Lipinski definition) is 3. The summed E-state index contributed by atoms with van der Waals surface area (Å²) in [7, 11) is 1.60. The number of carbonyl (C=O) groups excluding carboxylic acids is 1. The van der Waals surface area contributed by atoms with Crippen LogP contribution in [0.4, 0.5) is 10.1 Å². The van der Waals surface area contributed by atoms with Crippen molar-refractivity contribution in [2.45, 2.75) is 31.9 Å². The predicted molar refractivity (Wildman–Crippen MR) is 71.5 cm³/mol. The maximum atomic E-state index is 13.9. The Hall–Kier alpha value is -1.62. The molecule has 0 radical (unpaired) electrons. The molecular weight excluding hydrogens is 247 g/mol. The molecule has 1 aromatic carbocycles. The lowest BCUT2D eigenvalue weighted by molar-refractivity contribution is -0.121. The van der Waals surface area contributed by atoms with E-state index < -0.39 is 11.9 Å². The molecule has 1 unspecified atom stereocenters. The van der Waals surface area contributed by atoms with Crippen molar-refractivity contribution in [1.29, 1.82) is 0 Å². The number of halogens is 1. The van der Waals surface area contributed by atoms with Gasteiger partial charge in [0.2, 0.25) is 5.91 Å². The Morgan fingerprint density at radius 3 is 2.95 bits per heavy atom. The lowest BCUT2D eigenvalue weighted by Crippen LogP contribution is -2.42. The fraction of sp³-hybridized carbons (Fsp3) is 0.500. The van der Waals surface area contributed by atoms with Crippen LogP contribution in [0.5, 0.6) is 0 Å². The van der Waals surface area contributed by atoms with E-state index in [9.17, 15) is 14.3 Å². The number of aliphatic hydroxyl groups is 1.